The summed E-state index contributed by atoms with van der Waals surface area (Å²) in [6.45, 7) is 4.49. The number of allylic oxidation sites excluding steroid dienone is 10. The maximum Gasteiger partial charge on any atom is -0.00575 e. The molecule has 2 aliphatic rings. The first-order valence-electron chi connectivity index (χ1n) is 6.77. The lowest BCUT2D eigenvalue weighted by molar-refractivity contribution is 1.19. The largest absolute Gasteiger partial charge is 0.0622 e. The van der Waals surface area contributed by atoms with Crippen molar-refractivity contribution < 1.29 is 0 Å². The Morgan fingerprint density at radius 2 is 1.63 bits per heavy atom. The van der Waals surface area contributed by atoms with Gasteiger partial charge in [0.1, 0.15) is 0 Å². The standard InChI is InChI=1S/C19H18/c1-14-12-18(13-16-8-6-7-9-16)15(2)19(14)17-10-4-3-5-11-17/h3-11,13H,12H2,1-2H3. The van der Waals surface area contributed by atoms with Crippen LogP contribution in [0.25, 0.3) is 5.57 Å². The number of hydrogen-bond donors (Lipinski definition) is 0. The van der Waals surface area contributed by atoms with E-state index in [0.29, 0.717) is 0 Å². The van der Waals surface area contributed by atoms with E-state index in [2.05, 4.69) is 74.6 Å². The van der Waals surface area contributed by atoms with Crippen molar-refractivity contribution in [1.29, 1.82) is 0 Å². The van der Waals surface area contributed by atoms with Gasteiger partial charge in [0.05, 0.1) is 0 Å². The summed E-state index contributed by atoms with van der Waals surface area (Å²) < 4.78 is 0. The summed E-state index contributed by atoms with van der Waals surface area (Å²) in [5.74, 6) is 0. The summed E-state index contributed by atoms with van der Waals surface area (Å²) in [4.78, 5) is 0. The fraction of sp³-hybridized carbons (Fsp3) is 0.158. The molecule has 0 fully saturated rings. The molecule has 0 unspecified atom stereocenters. The summed E-state index contributed by atoms with van der Waals surface area (Å²) in [5.41, 5.74) is 8.41. The molecule has 94 valence electrons. The van der Waals surface area contributed by atoms with Crippen LogP contribution in [-0.2, 0) is 0 Å². The third kappa shape index (κ3) is 2.26. The second kappa shape index (κ2) is 4.89. The van der Waals surface area contributed by atoms with Crippen molar-refractivity contribution in [3.8, 4) is 0 Å². The highest BCUT2D eigenvalue weighted by Crippen LogP contribution is 2.39. The minimum Gasteiger partial charge on any atom is -0.0622 e. The Balaban J connectivity index is 1.99. The summed E-state index contributed by atoms with van der Waals surface area (Å²) in [6.07, 6.45) is 11.9. The zero-order valence-corrected chi connectivity index (χ0v) is 11.5. The summed E-state index contributed by atoms with van der Waals surface area (Å²) in [7, 11) is 0. The van der Waals surface area contributed by atoms with Crippen LogP contribution in [0.1, 0.15) is 25.8 Å². The molecule has 0 radical (unpaired) electrons. The van der Waals surface area contributed by atoms with Crippen LogP contribution in [0, 0.1) is 0 Å². The van der Waals surface area contributed by atoms with Crippen LogP contribution >= 0.6 is 0 Å². The molecule has 0 heteroatoms. The van der Waals surface area contributed by atoms with Gasteiger partial charge in [-0.2, -0.15) is 0 Å². The van der Waals surface area contributed by atoms with E-state index < -0.39 is 0 Å². The zero-order chi connectivity index (χ0) is 13.2. The number of benzene rings is 1. The van der Waals surface area contributed by atoms with E-state index >= 15 is 0 Å². The molecule has 0 saturated carbocycles. The maximum atomic E-state index is 2.31. The molecule has 0 saturated heterocycles. The lowest BCUT2D eigenvalue weighted by Crippen LogP contribution is -1.85. The predicted octanol–water partition coefficient (Wildman–Crippen LogP) is 5.23. The van der Waals surface area contributed by atoms with E-state index in [4.69, 9.17) is 0 Å². The molecule has 3 rings (SSSR count). The van der Waals surface area contributed by atoms with E-state index in [1.807, 2.05) is 0 Å². The molecule has 0 heterocycles. The molecule has 0 N–H and O–H groups in total. The molecule has 0 aromatic heterocycles. The van der Waals surface area contributed by atoms with Crippen LogP contribution in [0.2, 0.25) is 0 Å². The first-order chi connectivity index (χ1) is 9.25. The molecule has 0 atom stereocenters. The van der Waals surface area contributed by atoms with Gasteiger partial charge in [0.15, 0.2) is 0 Å². The van der Waals surface area contributed by atoms with Crippen molar-refractivity contribution in [3.05, 3.63) is 88.6 Å². The van der Waals surface area contributed by atoms with Crippen molar-refractivity contribution >= 4 is 5.57 Å². The monoisotopic (exact) mass is 246 g/mol. The van der Waals surface area contributed by atoms with E-state index in [0.717, 1.165) is 6.42 Å². The molecule has 19 heavy (non-hydrogen) atoms. The van der Waals surface area contributed by atoms with Crippen LogP contribution < -0.4 is 0 Å². The SMILES string of the molecule is CC1=C(c2ccccc2)C(C)=C(C=C2C=CC=C2)C1. The van der Waals surface area contributed by atoms with Gasteiger partial charge in [-0.25, -0.2) is 0 Å². The minimum atomic E-state index is 1.07. The first kappa shape index (κ1) is 12.0. The summed E-state index contributed by atoms with van der Waals surface area (Å²) in [5, 5.41) is 0. The van der Waals surface area contributed by atoms with Crippen molar-refractivity contribution in [2.24, 2.45) is 0 Å². The normalized spacial score (nSPS) is 17.9. The smallest absolute Gasteiger partial charge is 0.00575 e. The van der Waals surface area contributed by atoms with Gasteiger partial charge in [0, 0.05) is 0 Å². The molecule has 2 aliphatic carbocycles. The lowest BCUT2D eigenvalue weighted by Gasteiger charge is -2.06. The number of hydrogen-bond acceptors (Lipinski definition) is 0. The quantitative estimate of drug-likeness (QED) is 0.670. The average molecular weight is 246 g/mol. The first-order valence-corrected chi connectivity index (χ1v) is 6.77. The Morgan fingerprint density at radius 1 is 0.947 bits per heavy atom. The Morgan fingerprint density at radius 3 is 2.32 bits per heavy atom. The topological polar surface area (TPSA) is 0 Å². The van der Waals surface area contributed by atoms with Gasteiger partial charge < -0.3 is 0 Å². The van der Waals surface area contributed by atoms with Crippen molar-refractivity contribution in [3.63, 3.8) is 0 Å². The van der Waals surface area contributed by atoms with Gasteiger partial charge in [-0.15, -0.1) is 0 Å². The predicted molar refractivity (Wildman–Crippen MR) is 82.7 cm³/mol. The molecule has 1 aromatic rings. The van der Waals surface area contributed by atoms with Crippen LogP contribution in [-0.4, -0.2) is 0 Å². The van der Waals surface area contributed by atoms with Crippen molar-refractivity contribution in [2.45, 2.75) is 20.3 Å². The van der Waals surface area contributed by atoms with Crippen LogP contribution in [0.5, 0.6) is 0 Å². The molecular weight excluding hydrogens is 228 g/mol. The molecule has 1 aromatic carbocycles. The third-order valence-corrected chi connectivity index (χ3v) is 3.83. The molecule has 0 amide bonds. The molecule has 0 spiro atoms. The van der Waals surface area contributed by atoms with Crippen LogP contribution in [0.15, 0.2) is 83.0 Å². The maximum absolute atomic E-state index is 2.31. The Bertz CT molecular complexity index is 633. The van der Waals surface area contributed by atoms with Gasteiger partial charge in [0.25, 0.3) is 0 Å². The number of rotatable bonds is 2. The third-order valence-electron chi connectivity index (χ3n) is 3.83. The average Bonchev–Trinajstić information content (AvgIpc) is 3.01. The van der Waals surface area contributed by atoms with E-state index in [-0.39, 0.29) is 0 Å². The highest BCUT2D eigenvalue weighted by atomic mass is 14.2. The molecule has 0 bridgehead atoms. The van der Waals surface area contributed by atoms with Gasteiger partial charge in [-0.3, -0.25) is 0 Å². The van der Waals surface area contributed by atoms with Gasteiger partial charge in [0.2, 0.25) is 0 Å². The lowest BCUT2D eigenvalue weighted by atomic mass is 9.98. The minimum absolute atomic E-state index is 1.07. The van der Waals surface area contributed by atoms with Crippen molar-refractivity contribution in [2.75, 3.05) is 0 Å². The highest BCUT2D eigenvalue weighted by Gasteiger charge is 2.18. The van der Waals surface area contributed by atoms with Crippen LogP contribution in [0.4, 0.5) is 0 Å². The van der Waals surface area contributed by atoms with Gasteiger partial charge >= 0.3 is 0 Å². The second-order valence-electron chi connectivity index (χ2n) is 5.21. The van der Waals surface area contributed by atoms with E-state index in [1.54, 1.807) is 0 Å². The van der Waals surface area contributed by atoms with E-state index in [1.165, 1.54) is 33.4 Å². The molecule has 0 aliphatic heterocycles. The Kier molecular flexibility index (Phi) is 3.08. The Labute approximate surface area is 115 Å². The molecular formula is C19H18. The second-order valence-corrected chi connectivity index (χ2v) is 5.21. The zero-order valence-electron chi connectivity index (χ0n) is 11.5. The fourth-order valence-electron chi connectivity index (χ4n) is 2.90. The summed E-state index contributed by atoms with van der Waals surface area (Å²) >= 11 is 0. The molecule has 0 nitrogen and oxygen atoms in total. The van der Waals surface area contributed by atoms with Gasteiger partial charge in [-0.1, -0.05) is 66.3 Å². The Hall–Kier alpha value is -2.08. The van der Waals surface area contributed by atoms with E-state index in [9.17, 15) is 0 Å². The fourth-order valence-corrected chi connectivity index (χ4v) is 2.90. The van der Waals surface area contributed by atoms with Gasteiger partial charge in [-0.05, 0) is 48.1 Å². The van der Waals surface area contributed by atoms with Crippen molar-refractivity contribution in [1.82, 2.24) is 0 Å². The van der Waals surface area contributed by atoms with Crippen LogP contribution in [0.3, 0.4) is 0 Å². The highest BCUT2D eigenvalue weighted by molar-refractivity contribution is 5.85. The summed E-state index contributed by atoms with van der Waals surface area (Å²) in [6, 6.07) is 10.7.